The fourth-order valence-corrected chi connectivity index (χ4v) is 2.08. The Kier molecular flexibility index (Phi) is 2.66. The Morgan fingerprint density at radius 1 is 1.50 bits per heavy atom. The molecule has 2 N–H and O–H groups in total. The zero-order valence-electron chi connectivity index (χ0n) is 8.18. The Morgan fingerprint density at radius 3 is 2.86 bits per heavy atom. The van der Waals surface area contributed by atoms with Gasteiger partial charge in [-0.25, -0.2) is 0 Å². The van der Waals surface area contributed by atoms with Gasteiger partial charge in [0.05, 0.1) is 0 Å². The summed E-state index contributed by atoms with van der Waals surface area (Å²) in [7, 11) is 0. The minimum atomic E-state index is 0.293. The van der Waals surface area contributed by atoms with Crippen LogP contribution in [0.4, 0.5) is 0 Å². The Labute approximate surface area is 88.9 Å². The van der Waals surface area contributed by atoms with Crippen molar-refractivity contribution in [3.63, 3.8) is 0 Å². The summed E-state index contributed by atoms with van der Waals surface area (Å²) in [5, 5.41) is 13.7. The van der Waals surface area contributed by atoms with Crippen molar-refractivity contribution in [1.29, 1.82) is 0 Å². The molecule has 3 heteroatoms. The van der Waals surface area contributed by atoms with Crippen molar-refractivity contribution in [1.82, 2.24) is 5.32 Å². The van der Waals surface area contributed by atoms with E-state index < -0.39 is 0 Å². The van der Waals surface area contributed by atoms with Crippen molar-refractivity contribution in [3.05, 3.63) is 28.3 Å². The number of hydrogen-bond acceptors (Lipinski definition) is 2. The van der Waals surface area contributed by atoms with Gasteiger partial charge in [0.25, 0.3) is 0 Å². The lowest BCUT2D eigenvalue weighted by atomic mass is 10.0. The summed E-state index contributed by atoms with van der Waals surface area (Å²) >= 11 is 6.01. The van der Waals surface area contributed by atoms with Crippen LogP contribution in [0.1, 0.15) is 30.0 Å². The zero-order chi connectivity index (χ0) is 10.1. The molecule has 1 aliphatic rings. The first-order valence-electron chi connectivity index (χ1n) is 4.91. The molecule has 1 saturated heterocycles. The van der Waals surface area contributed by atoms with Crippen molar-refractivity contribution in [2.45, 2.75) is 25.8 Å². The Hall–Kier alpha value is -0.730. The first-order valence-corrected chi connectivity index (χ1v) is 5.28. The van der Waals surface area contributed by atoms with Crippen LogP contribution in [0, 0.1) is 6.92 Å². The predicted octanol–water partition coefficient (Wildman–Crippen LogP) is 2.78. The lowest BCUT2D eigenvalue weighted by Gasteiger charge is -2.12. The molecule has 1 heterocycles. The number of hydrogen-bond donors (Lipinski definition) is 2. The van der Waals surface area contributed by atoms with Gasteiger partial charge in [-0.05, 0) is 44.0 Å². The van der Waals surface area contributed by atoms with Crippen LogP contribution in [0.2, 0.25) is 5.02 Å². The molecule has 0 aromatic heterocycles. The third kappa shape index (κ3) is 1.72. The quantitative estimate of drug-likeness (QED) is 0.749. The summed E-state index contributed by atoms with van der Waals surface area (Å²) in [6.07, 6.45) is 2.32. The van der Waals surface area contributed by atoms with E-state index in [1.165, 1.54) is 6.42 Å². The SMILES string of the molecule is Cc1c(O)cc(C2CCCN2)cc1Cl. The summed E-state index contributed by atoms with van der Waals surface area (Å²) in [6, 6.07) is 4.11. The van der Waals surface area contributed by atoms with Gasteiger partial charge < -0.3 is 10.4 Å². The normalized spacial score (nSPS) is 21.4. The standard InChI is InChI=1S/C11H14ClNO/c1-7-9(12)5-8(6-11(7)14)10-3-2-4-13-10/h5-6,10,13-14H,2-4H2,1H3. The highest BCUT2D eigenvalue weighted by atomic mass is 35.5. The minimum absolute atomic E-state index is 0.293. The van der Waals surface area contributed by atoms with Gasteiger partial charge >= 0.3 is 0 Å². The smallest absolute Gasteiger partial charge is 0.120 e. The van der Waals surface area contributed by atoms with Gasteiger partial charge in [0, 0.05) is 16.6 Å². The van der Waals surface area contributed by atoms with E-state index in [-0.39, 0.29) is 0 Å². The first-order chi connectivity index (χ1) is 6.68. The lowest BCUT2D eigenvalue weighted by Crippen LogP contribution is -2.12. The van der Waals surface area contributed by atoms with Crippen molar-refractivity contribution in [3.8, 4) is 5.75 Å². The van der Waals surface area contributed by atoms with Crippen molar-refractivity contribution in [2.75, 3.05) is 6.54 Å². The second-order valence-electron chi connectivity index (χ2n) is 3.80. The average Bonchev–Trinajstić information content (AvgIpc) is 2.66. The molecule has 1 aromatic rings. The molecular weight excluding hydrogens is 198 g/mol. The molecule has 0 amide bonds. The lowest BCUT2D eigenvalue weighted by molar-refractivity contribution is 0.469. The van der Waals surface area contributed by atoms with Gasteiger partial charge in [0.2, 0.25) is 0 Å². The first kappa shape index (κ1) is 9.81. The highest BCUT2D eigenvalue weighted by molar-refractivity contribution is 6.31. The predicted molar refractivity (Wildman–Crippen MR) is 57.8 cm³/mol. The summed E-state index contributed by atoms with van der Waals surface area (Å²) in [4.78, 5) is 0. The third-order valence-electron chi connectivity index (χ3n) is 2.80. The van der Waals surface area contributed by atoms with Gasteiger partial charge in [-0.3, -0.25) is 0 Å². The molecular formula is C11H14ClNO. The molecule has 1 fully saturated rings. The van der Waals surface area contributed by atoms with Gasteiger partial charge in [-0.15, -0.1) is 0 Å². The molecule has 1 aromatic carbocycles. The van der Waals surface area contributed by atoms with Gasteiger partial charge in [-0.1, -0.05) is 11.6 Å². The molecule has 14 heavy (non-hydrogen) atoms. The number of benzene rings is 1. The number of nitrogens with one attached hydrogen (secondary N) is 1. The van der Waals surface area contributed by atoms with Crippen LogP contribution in [-0.2, 0) is 0 Å². The molecule has 2 rings (SSSR count). The summed E-state index contributed by atoms with van der Waals surface area (Å²) in [5.74, 6) is 0.293. The van der Waals surface area contributed by atoms with Gasteiger partial charge in [0.15, 0.2) is 0 Å². The number of rotatable bonds is 1. The monoisotopic (exact) mass is 211 g/mol. The molecule has 1 unspecified atom stereocenters. The highest BCUT2D eigenvalue weighted by Crippen LogP contribution is 2.32. The van der Waals surface area contributed by atoms with E-state index in [1.807, 2.05) is 19.1 Å². The maximum Gasteiger partial charge on any atom is 0.120 e. The van der Waals surface area contributed by atoms with Crippen molar-refractivity contribution in [2.24, 2.45) is 0 Å². The summed E-state index contributed by atoms with van der Waals surface area (Å²) in [5.41, 5.74) is 1.85. The summed E-state index contributed by atoms with van der Waals surface area (Å²) in [6.45, 7) is 2.88. The molecule has 0 saturated carbocycles. The summed E-state index contributed by atoms with van der Waals surface area (Å²) < 4.78 is 0. The minimum Gasteiger partial charge on any atom is -0.508 e. The maximum absolute atomic E-state index is 9.63. The Balaban J connectivity index is 2.34. The van der Waals surface area contributed by atoms with Crippen LogP contribution >= 0.6 is 11.6 Å². The number of phenolic OH excluding ortho intramolecular Hbond substituents is 1. The van der Waals surface area contributed by atoms with Crippen LogP contribution < -0.4 is 5.32 Å². The fourth-order valence-electron chi connectivity index (χ4n) is 1.85. The largest absolute Gasteiger partial charge is 0.508 e. The highest BCUT2D eigenvalue weighted by Gasteiger charge is 2.17. The zero-order valence-corrected chi connectivity index (χ0v) is 8.93. The molecule has 76 valence electrons. The number of phenols is 1. The van der Waals surface area contributed by atoms with Crippen LogP contribution in [0.25, 0.3) is 0 Å². The molecule has 0 radical (unpaired) electrons. The number of aromatic hydroxyl groups is 1. The van der Waals surface area contributed by atoms with Crippen molar-refractivity contribution >= 4 is 11.6 Å². The topological polar surface area (TPSA) is 32.3 Å². The van der Waals surface area contributed by atoms with Crippen molar-refractivity contribution < 1.29 is 5.11 Å². The van der Waals surface area contributed by atoms with E-state index in [1.54, 1.807) is 0 Å². The Morgan fingerprint density at radius 2 is 2.29 bits per heavy atom. The van der Waals surface area contributed by atoms with E-state index in [2.05, 4.69) is 5.32 Å². The van der Waals surface area contributed by atoms with Crippen LogP contribution in [-0.4, -0.2) is 11.7 Å². The van der Waals surface area contributed by atoms with Gasteiger partial charge in [0.1, 0.15) is 5.75 Å². The van der Waals surface area contributed by atoms with Gasteiger partial charge in [-0.2, -0.15) is 0 Å². The van der Waals surface area contributed by atoms with E-state index in [4.69, 9.17) is 11.6 Å². The van der Waals surface area contributed by atoms with Crippen LogP contribution in [0.3, 0.4) is 0 Å². The van der Waals surface area contributed by atoms with E-state index in [0.717, 1.165) is 24.1 Å². The second-order valence-corrected chi connectivity index (χ2v) is 4.20. The second kappa shape index (κ2) is 3.79. The Bertz CT molecular complexity index is 322. The molecule has 2 nitrogen and oxygen atoms in total. The van der Waals surface area contributed by atoms with E-state index in [0.29, 0.717) is 16.8 Å². The molecule has 1 atom stereocenters. The van der Waals surface area contributed by atoms with E-state index in [9.17, 15) is 5.11 Å². The third-order valence-corrected chi connectivity index (χ3v) is 3.19. The maximum atomic E-state index is 9.63. The number of halogens is 1. The van der Waals surface area contributed by atoms with Crippen LogP contribution in [0.15, 0.2) is 12.1 Å². The van der Waals surface area contributed by atoms with E-state index >= 15 is 0 Å². The fraction of sp³-hybridized carbons (Fsp3) is 0.455. The molecule has 0 spiro atoms. The van der Waals surface area contributed by atoms with Crippen LogP contribution in [0.5, 0.6) is 5.75 Å². The average molecular weight is 212 g/mol. The molecule has 0 bridgehead atoms. The molecule has 1 aliphatic heterocycles. The molecule has 0 aliphatic carbocycles.